The first-order valence-corrected chi connectivity index (χ1v) is 6.92. The number of carbonyl (C=O) groups is 1. The largest absolute Gasteiger partial charge is 0.508 e. The molecule has 3 N–H and O–H groups in total. The van der Waals surface area contributed by atoms with Crippen LogP contribution < -0.4 is 10.5 Å². The summed E-state index contributed by atoms with van der Waals surface area (Å²) in [6.07, 6.45) is 0. The topological polar surface area (TPSA) is 72.6 Å². The van der Waals surface area contributed by atoms with Crippen molar-refractivity contribution in [2.75, 3.05) is 0 Å². The van der Waals surface area contributed by atoms with Crippen LogP contribution in [0.1, 0.15) is 11.6 Å². The van der Waals surface area contributed by atoms with Gasteiger partial charge in [0.25, 0.3) is 0 Å². The van der Waals surface area contributed by atoms with Gasteiger partial charge in [0, 0.05) is 5.02 Å². The van der Waals surface area contributed by atoms with Crippen LogP contribution in [0.5, 0.6) is 11.5 Å². The van der Waals surface area contributed by atoms with E-state index in [0.717, 1.165) is 0 Å². The Kier molecular flexibility index (Phi) is 4.96. The molecule has 2 aromatic rings. The second kappa shape index (κ2) is 6.54. The highest BCUT2D eigenvalue weighted by Gasteiger charge is 2.21. The van der Waals surface area contributed by atoms with Gasteiger partial charge in [0.1, 0.15) is 11.8 Å². The Morgan fingerprint density at radius 2 is 1.62 bits per heavy atom. The smallest absolute Gasteiger partial charge is 0.333 e. The molecular weight excluding hydrogens is 337 g/mol. The van der Waals surface area contributed by atoms with Crippen molar-refractivity contribution in [2.24, 2.45) is 5.73 Å². The normalized spacial score (nSPS) is 12.0. The number of phenols is 1. The summed E-state index contributed by atoms with van der Waals surface area (Å²) < 4.78 is 5.13. The van der Waals surface area contributed by atoms with Gasteiger partial charge in [-0.2, -0.15) is 0 Å². The first kappa shape index (κ1) is 15.9. The number of hydrogen-bond acceptors (Lipinski definition) is 4. The van der Waals surface area contributed by atoms with Crippen molar-refractivity contribution in [3.8, 4) is 11.5 Å². The molecule has 110 valence electrons. The SMILES string of the molecule is NC(C(=O)Oc1c(Cl)cc(Cl)cc1Cl)c1ccc(O)cc1. The van der Waals surface area contributed by atoms with E-state index in [9.17, 15) is 9.90 Å². The quantitative estimate of drug-likeness (QED) is 0.652. The molecule has 4 nitrogen and oxygen atoms in total. The molecule has 0 aliphatic rings. The van der Waals surface area contributed by atoms with Crippen LogP contribution in [0.4, 0.5) is 0 Å². The van der Waals surface area contributed by atoms with Gasteiger partial charge in [-0.25, -0.2) is 4.79 Å². The van der Waals surface area contributed by atoms with E-state index in [1.165, 1.54) is 36.4 Å². The van der Waals surface area contributed by atoms with Crippen LogP contribution in [0.15, 0.2) is 36.4 Å². The molecule has 1 atom stereocenters. The van der Waals surface area contributed by atoms with Gasteiger partial charge < -0.3 is 15.6 Å². The Bertz CT molecular complexity index is 651. The Labute approximate surface area is 136 Å². The lowest BCUT2D eigenvalue weighted by Crippen LogP contribution is -2.26. The summed E-state index contributed by atoms with van der Waals surface area (Å²) >= 11 is 17.6. The number of carbonyl (C=O) groups excluding carboxylic acids is 1. The number of benzene rings is 2. The van der Waals surface area contributed by atoms with Crippen LogP contribution in [0.3, 0.4) is 0 Å². The first-order chi connectivity index (χ1) is 9.88. The van der Waals surface area contributed by atoms with Crippen molar-refractivity contribution in [3.63, 3.8) is 0 Å². The highest BCUT2D eigenvalue weighted by atomic mass is 35.5. The maximum absolute atomic E-state index is 12.0. The molecular formula is C14H10Cl3NO3. The minimum atomic E-state index is -1.03. The zero-order chi connectivity index (χ0) is 15.6. The zero-order valence-corrected chi connectivity index (χ0v) is 12.8. The lowest BCUT2D eigenvalue weighted by molar-refractivity contribution is -0.136. The molecule has 0 spiro atoms. The van der Waals surface area contributed by atoms with Crippen molar-refractivity contribution in [2.45, 2.75) is 6.04 Å². The molecule has 0 fully saturated rings. The molecule has 0 radical (unpaired) electrons. The number of phenolic OH excluding ortho intramolecular Hbond substituents is 1. The van der Waals surface area contributed by atoms with E-state index in [2.05, 4.69) is 0 Å². The lowest BCUT2D eigenvalue weighted by atomic mass is 10.1. The third-order valence-electron chi connectivity index (χ3n) is 2.67. The Morgan fingerprint density at radius 3 is 2.14 bits per heavy atom. The van der Waals surface area contributed by atoms with Gasteiger partial charge in [0.15, 0.2) is 5.75 Å². The fraction of sp³-hybridized carbons (Fsp3) is 0.0714. The Hall–Kier alpha value is -1.46. The van der Waals surface area contributed by atoms with Crippen LogP contribution in [0, 0.1) is 0 Å². The van der Waals surface area contributed by atoms with Crippen LogP contribution >= 0.6 is 34.8 Å². The summed E-state index contributed by atoms with van der Waals surface area (Å²) in [4.78, 5) is 12.0. The number of ether oxygens (including phenoxy) is 1. The van der Waals surface area contributed by atoms with E-state index in [1.807, 2.05) is 0 Å². The van der Waals surface area contributed by atoms with E-state index >= 15 is 0 Å². The van der Waals surface area contributed by atoms with Crippen LogP contribution in [0.2, 0.25) is 15.1 Å². The van der Waals surface area contributed by atoms with Gasteiger partial charge in [-0.1, -0.05) is 46.9 Å². The van der Waals surface area contributed by atoms with E-state index in [0.29, 0.717) is 10.6 Å². The van der Waals surface area contributed by atoms with E-state index < -0.39 is 12.0 Å². The minimum absolute atomic E-state index is 0.00182. The summed E-state index contributed by atoms with van der Waals surface area (Å²) in [6.45, 7) is 0. The van der Waals surface area contributed by atoms with E-state index in [1.54, 1.807) is 0 Å². The summed E-state index contributed by atoms with van der Waals surface area (Å²) in [5.41, 5.74) is 6.28. The van der Waals surface area contributed by atoms with E-state index in [-0.39, 0.29) is 21.5 Å². The molecule has 2 aromatic carbocycles. The van der Waals surface area contributed by atoms with Crippen LogP contribution in [0.25, 0.3) is 0 Å². The molecule has 1 unspecified atom stereocenters. The van der Waals surface area contributed by atoms with Gasteiger partial charge >= 0.3 is 5.97 Å². The molecule has 0 bridgehead atoms. The second-order valence-corrected chi connectivity index (χ2v) is 5.44. The molecule has 21 heavy (non-hydrogen) atoms. The summed E-state index contributed by atoms with van der Waals surface area (Å²) in [6, 6.07) is 7.66. The fourth-order valence-corrected chi connectivity index (χ4v) is 2.50. The second-order valence-electron chi connectivity index (χ2n) is 4.19. The highest BCUT2D eigenvalue weighted by Crippen LogP contribution is 2.36. The Balaban J connectivity index is 2.20. The average Bonchev–Trinajstić information content (AvgIpc) is 2.42. The highest BCUT2D eigenvalue weighted by molar-refractivity contribution is 6.40. The number of hydrogen-bond donors (Lipinski definition) is 2. The Morgan fingerprint density at radius 1 is 1.10 bits per heavy atom. The van der Waals surface area contributed by atoms with Crippen molar-refractivity contribution in [3.05, 3.63) is 57.0 Å². The third-order valence-corrected chi connectivity index (χ3v) is 3.45. The number of esters is 1. The van der Waals surface area contributed by atoms with Crippen molar-refractivity contribution in [1.82, 2.24) is 0 Å². The van der Waals surface area contributed by atoms with Gasteiger partial charge in [0.2, 0.25) is 0 Å². The molecule has 0 aromatic heterocycles. The molecule has 2 rings (SSSR count). The van der Waals surface area contributed by atoms with Gasteiger partial charge in [-0.15, -0.1) is 0 Å². The lowest BCUT2D eigenvalue weighted by Gasteiger charge is -2.13. The standard InChI is InChI=1S/C14H10Cl3NO3/c15-8-5-10(16)13(11(17)6-8)21-14(20)12(18)7-1-3-9(19)4-2-7/h1-6,12,19H,18H2. The van der Waals surface area contributed by atoms with Crippen LogP contribution in [-0.4, -0.2) is 11.1 Å². The van der Waals surface area contributed by atoms with Gasteiger partial charge in [0.05, 0.1) is 10.0 Å². The summed E-state index contributed by atoms with van der Waals surface area (Å²) in [5, 5.41) is 9.75. The van der Waals surface area contributed by atoms with E-state index in [4.69, 9.17) is 45.3 Å². The molecule has 7 heteroatoms. The summed E-state index contributed by atoms with van der Waals surface area (Å²) in [5.74, 6) is -0.656. The molecule has 0 saturated carbocycles. The van der Waals surface area contributed by atoms with Gasteiger partial charge in [-0.3, -0.25) is 0 Å². The number of aromatic hydroxyl groups is 1. The number of halogens is 3. The third kappa shape index (κ3) is 3.80. The van der Waals surface area contributed by atoms with Crippen molar-refractivity contribution in [1.29, 1.82) is 0 Å². The zero-order valence-electron chi connectivity index (χ0n) is 10.5. The molecule has 0 saturated heterocycles. The summed E-state index contributed by atoms with van der Waals surface area (Å²) in [7, 11) is 0. The number of nitrogens with two attached hydrogens (primary N) is 1. The first-order valence-electron chi connectivity index (χ1n) is 5.79. The maximum atomic E-state index is 12.0. The number of rotatable bonds is 3. The predicted molar refractivity (Wildman–Crippen MR) is 82.1 cm³/mol. The van der Waals surface area contributed by atoms with Crippen LogP contribution in [-0.2, 0) is 4.79 Å². The fourth-order valence-electron chi connectivity index (χ4n) is 1.61. The van der Waals surface area contributed by atoms with Gasteiger partial charge in [-0.05, 0) is 29.8 Å². The molecule has 0 aliphatic heterocycles. The minimum Gasteiger partial charge on any atom is -0.508 e. The van der Waals surface area contributed by atoms with Crippen molar-refractivity contribution < 1.29 is 14.6 Å². The molecule has 0 amide bonds. The molecule has 0 heterocycles. The maximum Gasteiger partial charge on any atom is 0.333 e. The monoisotopic (exact) mass is 345 g/mol. The predicted octanol–water partition coefficient (Wildman–Crippen LogP) is 3.96. The average molecular weight is 347 g/mol. The van der Waals surface area contributed by atoms with Crippen molar-refractivity contribution >= 4 is 40.8 Å². The molecule has 0 aliphatic carbocycles.